The zero-order chi connectivity index (χ0) is 19.6. The number of hydrogen-bond acceptors (Lipinski definition) is 3. The fourth-order valence-corrected chi connectivity index (χ4v) is 1.94. The van der Waals surface area contributed by atoms with Gasteiger partial charge in [0.1, 0.15) is 0 Å². The summed E-state index contributed by atoms with van der Waals surface area (Å²) in [6.45, 7) is 0. The third kappa shape index (κ3) is 4.21. The molecular weight excluding hydrogens is 360 g/mol. The number of alkyl halides is 6. The van der Waals surface area contributed by atoms with Gasteiger partial charge in [0.2, 0.25) is 5.91 Å². The van der Waals surface area contributed by atoms with Gasteiger partial charge in [0.15, 0.2) is 0 Å². The van der Waals surface area contributed by atoms with E-state index in [4.69, 9.17) is 5.11 Å². The van der Waals surface area contributed by atoms with Gasteiger partial charge in [-0.1, -0.05) is 12.1 Å². The number of aliphatic hydroxyl groups is 1. The molecule has 140 valence electrons. The van der Waals surface area contributed by atoms with Gasteiger partial charge in [0.25, 0.3) is 5.60 Å². The van der Waals surface area contributed by atoms with Gasteiger partial charge >= 0.3 is 18.3 Å². The van der Waals surface area contributed by atoms with Gasteiger partial charge < -0.3 is 15.1 Å². The number of halogens is 6. The Labute approximate surface area is 137 Å². The number of carbonyl (C=O) groups is 2. The maximum Gasteiger partial charge on any atom is 0.430 e. The maximum atomic E-state index is 12.8. The smallest absolute Gasteiger partial charge is 0.430 e. The predicted molar refractivity (Wildman–Crippen MR) is 72.7 cm³/mol. The van der Waals surface area contributed by atoms with E-state index in [2.05, 4.69) is 0 Å². The van der Waals surface area contributed by atoms with Crippen LogP contribution in [0.1, 0.15) is 18.4 Å². The Morgan fingerprint density at radius 2 is 1.40 bits per heavy atom. The normalized spacial score (nSPS) is 12.8. The molecule has 0 aromatic heterocycles. The SMILES string of the molecule is CN(C(=O)CCC(=O)O)c1ccc(C(O)(C(F)(F)F)C(F)(F)F)cc1. The number of benzene rings is 1. The number of amides is 1. The van der Waals surface area contributed by atoms with Crippen LogP contribution in [0.2, 0.25) is 0 Å². The summed E-state index contributed by atoms with van der Waals surface area (Å²) in [5.41, 5.74) is -6.57. The Morgan fingerprint density at radius 1 is 0.960 bits per heavy atom. The second-order valence-corrected chi connectivity index (χ2v) is 5.10. The summed E-state index contributed by atoms with van der Waals surface area (Å²) in [7, 11) is 1.18. The fraction of sp³-hybridized carbons (Fsp3) is 0.429. The molecule has 1 amide bonds. The highest BCUT2D eigenvalue weighted by molar-refractivity contribution is 5.94. The largest absolute Gasteiger partial charge is 0.481 e. The first kappa shape index (κ1) is 20.7. The molecule has 0 aliphatic heterocycles. The van der Waals surface area contributed by atoms with E-state index in [0.29, 0.717) is 12.1 Å². The van der Waals surface area contributed by atoms with Crippen LogP contribution in [0.15, 0.2) is 24.3 Å². The summed E-state index contributed by atoms with van der Waals surface area (Å²) in [4.78, 5) is 23.0. The first-order valence-electron chi connectivity index (χ1n) is 6.66. The second-order valence-electron chi connectivity index (χ2n) is 5.10. The Bertz CT molecular complexity index is 624. The zero-order valence-corrected chi connectivity index (χ0v) is 12.6. The van der Waals surface area contributed by atoms with Gasteiger partial charge in [0, 0.05) is 24.7 Å². The second kappa shape index (κ2) is 6.90. The van der Waals surface area contributed by atoms with E-state index in [1.165, 1.54) is 7.05 Å². The molecular formula is C14H13F6NO4. The van der Waals surface area contributed by atoms with Crippen LogP contribution >= 0.6 is 0 Å². The minimum absolute atomic E-state index is 0.0640. The third-order valence-corrected chi connectivity index (χ3v) is 3.42. The number of aliphatic carboxylic acids is 1. The van der Waals surface area contributed by atoms with Gasteiger partial charge in [-0.05, 0) is 12.1 Å². The molecule has 0 heterocycles. The molecule has 0 aliphatic carbocycles. The van der Waals surface area contributed by atoms with Crippen LogP contribution in [0.3, 0.4) is 0 Å². The Hall–Kier alpha value is -2.30. The van der Waals surface area contributed by atoms with Crippen molar-refractivity contribution in [1.82, 2.24) is 0 Å². The predicted octanol–water partition coefficient (Wildman–Crippen LogP) is 2.83. The van der Waals surface area contributed by atoms with Gasteiger partial charge in [-0.25, -0.2) is 0 Å². The van der Waals surface area contributed by atoms with Gasteiger partial charge in [0.05, 0.1) is 6.42 Å². The molecule has 2 N–H and O–H groups in total. The molecule has 0 atom stereocenters. The molecule has 0 saturated carbocycles. The number of carbonyl (C=O) groups excluding carboxylic acids is 1. The lowest BCUT2D eigenvalue weighted by atomic mass is 9.92. The average Bonchev–Trinajstić information content (AvgIpc) is 2.49. The molecule has 5 nitrogen and oxygen atoms in total. The lowest BCUT2D eigenvalue weighted by molar-refractivity contribution is -0.376. The molecule has 0 bridgehead atoms. The summed E-state index contributed by atoms with van der Waals surface area (Å²) in [5.74, 6) is -1.94. The van der Waals surface area contributed by atoms with Crippen molar-refractivity contribution in [2.24, 2.45) is 0 Å². The Kier molecular flexibility index (Phi) is 5.73. The molecule has 0 unspecified atom stereocenters. The Balaban J connectivity index is 3.13. The maximum absolute atomic E-state index is 12.8. The summed E-state index contributed by atoms with van der Waals surface area (Å²) < 4.78 is 76.6. The van der Waals surface area contributed by atoms with Crippen LogP contribution < -0.4 is 4.90 Å². The van der Waals surface area contributed by atoms with Crippen LogP contribution in [0.4, 0.5) is 32.0 Å². The van der Waals surface area contributed by atoms with Crippen LogP contribution in [-0.4, -0.2) is 41.5 Å². The van der Waals surface area contributed by atoms with E-state index in [1.807, 2.05) is 0 Å². The number of carboxylic acid groups (broad SMARTS) is 1. The van der Waals surface area contributed by atoms with E-state index in [9.17, 15) is 41.0 Å². The number of hydrogen-bond donors (Lipinski definition) is 2. The highest BCUT2D eigenvalue weighted by Crippen LogP contribution is 2.50. The van der Waals surface area contributed by atoms with Crippen molar-refractivity contribution in [1.29, 1.82) is 0 Å². The van der Waals surface area contributed by atoms with Gasteiger partial charge in [-0.2, -0.15) is 26.3 Å². The van der Waals surface area contributed by atoms with Crippen molar-refractivity contribution < 1.29 is 46.1 Å². The van der Waals surface area contributed by atoms with E-state index < -0.39 is 48.2 Å². The third-order valence-electron chi connectivity index (χ3n) is 3.42. The number of carboxylic acids is 1. The van der Waals surface area contributed by atoms with Gasteiger partial charge in [-0.3, -0.25) is 9.59 Å². The molecule has 0 aliphatic rings. The summed E-state index contributed by atoms with van der Waals surface area (Å²) in [5, 5.41) is 17.7. The molecule has 1 rings (SSSR count). The minimum atomic E-state index is -6.00. The van der Waals surface area contributed by atoms with Crippen molar-refractivity contribution in [3.05, 3.63) is 29.8 Å². The first-order valence-corrected chi connectivity index (χ1v) is 6.66. The van der Waals surface area contributed by atoms with E-state index in [1.54, 1.807) is 0 Å². The van der Waals surface area contributed by atoms with Crippen LogP contribution in [0, 0.1) is 0 Å². The molecule has 0 saturated heterocycles. The summed E-state index contributed by atoms with van der Waals surface area (Å²) in [6.07, 6.45) is -12.9. The van der Waals surface area contributed by atoms with Crippen molar-refractivity contribution in [3.63, 3.8) is 0 Å². The zero-order valence-electron chi connectivity index (χ0n) is 12.6. The molecule has 1 aromatic rings. The topological polar surface area (TPSA) is 77.8 Å². The average molecular weight is 373 g/mol. The minimum Gasteiger partial charge on any atom is -0.481 e. The first-order chi connectivity index (χ1) is 11.2. The van der Waals surface area contributed by atoms with Crippen LogP contribution in [-0.2, 0) is 15.2 Å². The van der Waals surface area contributed by atoms with Crippen LogP contribution in [0.25, 0.3) is 0 Å². The van der Waals surface area contributed by atoms with E-state index in [-0.39, 0.29) is 5.69 Å². The van der Waals surface area contributed by atoms with Crippen LogP contribution in [0.5, 0.6) is 0 Å². The molecule has 0 radical (unpaired) electrons. The summed E-state index contributed by atoms with van der Waals surface area (Å²) in [6, 6.07) is 2.38. The summed E-state index contributed by atoms with van der Waals surface area (Å²) >= 11 is 0. The molecule has 0 spiro atoms. The highest BCUT2D eigenvalue weighted by Gasteiger charge is 2.71. The number of anilines is 1. The molecule has 0 fully saturated rings. The van der Waals surface area contributed by atoms with E-state index >= 15 is 0 Å². The lowest BCUT2D eigenvalue weighted by Crippen LogP contribution is -2.53. The molecule has 11 heteroatoms. The number of rotatable bonds is 5. The van der Waals surface area contributed by atoms with Crippen molar-refractivity contribution in [3.8, 4) is 0 Å². The monoisotopic (exact) mass is 373 g/mol. The van der Waals surface area contributed by atoms with Crippen molar-refractivity contribution in [2.45, 2.75) is 30.8 Å². The van der Waals surface area contributed by atoms with Gasteiger partial charge in [-0.15, -0.1) is 0 Å². The fourth-order valence-electron chi connectivity index (χ4n) is 1.94. The molecule has 25 heavy (non-hydrogen) atoms. The van der Waals surface area contributed by atoms with E-state index in [0.717, 1.165) is 17.0 Å². The molecule has 1 aromatic carbocycles. The van der Waals surface area contributed by atoms with Crippen molar-refractivity contribution >= 4 is 17.6 Å². The lowest BCUT2D eigenvalue weighted by Gasteiger charge is -2.32. The quantitative estimate of drug-likeness (QED) is 0.779. The number of nitrogens with zero attached hydrogens (tertiary/aromatic N) is 1. The highest BCUT2D eigenvalue weighted by atomic mass is 19.4. The van der Waals surface area contributed by atoms with Crippen molar-refractivity contribution in [2.75, 3.05) is 11.9 Å². The standard InChI is InChI=1S/C14H13F6NO4/c1-21(10(22)6-7-11(23)24)9-4-2-8(3-5-9)12(25,13(15,16)17)14(18,19)20/h2-5,25H,6-7H2,1H3,(H,23,24). The Morgan fingerprint density at radius 3 is 1.76 bits per heavy atom.